The first-order valence-electron chi connectivity index (χ1n) is 12.2. The third-order valence-electron chi connectivity index (χ3n) is 7.85. The van der Waals surface area contributed by atoms with Crippen LogP contribution in [-0.4, -0.2) is 40.6 Å². The number of carbonyl (C=O) groups excluding carboxylic acids is 1. The van der Waals surface area contributed by atoms with E-state index in [1.807, 2.05) is 17.2 Å². The van der Waals surface area contributed by atoms with Crippen molar-refractivity contribution in [2.75, 3.05) is 24.7 Å². The van der Waals surface area contributed by atoms with Gasteiger partial charge in [0.1, 0.15) is 5.76 Å². The Morgan fingerprint density at radius 1 is 1.09 bits per heavy atom. The van der Waals surface area contributed by atoms with Gasteiger partial charge in [-0.25, -0.2) is 0 Å². The first-order chi connectivity index (χ1) is 16.2. The second-order valence-electron chi connectivity index (χ2n) is 10.3. The SMILES string of the molecule is O=C(c1cc(C2CC2)on1)N1CC2(CCOCC2)c2cc(-c3cnn(CC4CC4)c3)ccc21. The first-order valence-corrected chi connectivity index (χ1v) is 12.2. The van der Waals surface area contributed by atoms with E-state index in [0.29, 0.717) is 18.2 Å². The Bertz CT molecular complexity index is 1210. The molecule has 7 rings (SSSR count). The maximum Gasteiger partial charge on any atom is 0.280 e. The molecular weight excluding hydrogens is 416 g/mol. The summed E-state index contributed by atoms with van der Waals surface area (Å²) < 4.78 is 13.3. The molecular formula is C26H28N4O3. The molecule has 7 heteroatoms. The van der Waals surface area contributed by atoms with E-state index in [-0.39, 0.29) is 11.3 Å². The lowest BCUT2D eigenvalue weighted by atomic mass is 9.75. The van der Waals surface area contributed by atoms with Gasteiger partial charge in [-0.05, 0) is 67.7 Å². The Labute approximate surface area is 192 Å². The summed E-state index contributed by atoms with van der Waals surface area (Å²) in [6, 6.07) is 8.35. The van der Waals surface area contributed by atoms with Crippen molar-refractivity contribution in [2.45, 2.75) is 56.4 Å². The van der Waals surface area contributed by atoms with E-state index in [2.05, 4.69) is 39.3 Å². The minimum atomic E-state index is -0.0771. The number of hydrogen-bond donors (Lipinski definition) is 0. The van der Waals surface area contributed by atoms with Crippen molar-refractivity contribution < 1.29 is 14.1 Å². The summed E-state index contributed by atoms with van der Waals surface area (Å²) in [5.41, 5.74) is 4.87. The van der Waals surface area contributed by atoms with Crippen LogP contribution < -0.4 is 4.90 Å². The maximum atomic E-state index is 13.5. The zero-order valence-electron chi connectivity index (χ0n) is 18.7. The molecule has 1 saturated heterocycles. The highest BCUT2D eigenvalue weighted by atomic mass is 16.5. The number of hydrogen-bond acceptors (Lipinski definition) is 5. The molecule has 170 valence electrons. The summed E-state index contributed by atoms with van der Waals surface area (Å²) in [7, 11) is 0. The van der Waals surface area contributed by atoms with Gasteiger partial charge in [0.2, 0.25) is 0 Å². The summed E-state index contributed by atoms with van der Waals surface area (Å²) in [4.78, 5) is 15.4. The lowest BCUT2D eigenvalue weighted by Crippen LogP contribution is -2.40. The maximum absolute atomic E-state index is 13.5. The normalized spacial score (nSPS) is 21.5. The molecule has 2 saturated carbocycles. The number of nitrogens with zero attached hydrogens (tertiary/aromatic N) is 4. The molecule has 0 atom stereocenters. The Balaban J connectivity index is 1.24. The molecule has 0 bridgehead atoms. The van der Waals surface area contributed by atoms with Crippen molar-refractivity contribution in [1.82, 2.24) is 14.9 Å². The van der Waals surface area contributed by atoms with Crippen molar-refractivity contribution in [3.63, 3.8) is 0 Å². The number of fused-ring (bicyclic) bond motifs is 2. The topological polar surface area (TPSA) is 73.4 Å². The predicted octanol–water partition coefficient (Wildman–Crippen LogP) is 4.53. The number of anilines is 1. The average Bonchev–Trinajstić information content (AvgIpc) is 3.73. The van der Waals surface area contributed by atoms with Gasteiger partial charge >= 0.3 is 0 Å². The van der Waals surface area contributed by atoms with Gasteiger partial charge < -0.3 is 14.2 Å². The van der Waals surface area contributed by atoms with Gasteiger partial charge in [-0.1, -0.05) is 11.2 Å². The lowest BCUT2D eigenvalue weighted by Gasteiger charge is -2.34. The highest BCUT2D eigenvalue weighted by molar-refractivity contribution is 6.06. The van der Waals surface area contributed by atoms with Crippen LogP contribution in [-0.2, 0) is 16.7 Å². The minimum absolute atomic E-state index is 0.0692. The number of benzene rings is 1. The summed E-state index contributed by atoms with van der Waals surface area (Å²) in [5, 5.41) is 8.71. The van der Waals surface area contributed by atoms with E-state index in [1.54, 1.807) is 0 Å². The van der Waals surface area contributed by atoms with Crippen LogP contribution in [0.2, 0.25) is 0 Å². The van der Waals surface area contributed by atoms with E-state index >= 15 is 0 Å². The quantitative estimate of drug-likeness (QED) is 0.578. The van der Waals surface area contributed by atoms with E-state index in [4.69, 9.17) is 9.26 Å². The number of carbonyl (C=O) groups is 1. The van der Waals surface area contributed by atoms with Gasteiger partial charge in [-0.2, -0.15) is 5.10 Å². The highest BCUT2D eigenvalue weighted by Crippen LogP contribution is 2.48. The van der Waals surface area contributed by atoms with Gasteiger partial charge in [0, 0.05) is 61.2 Å². The van der Waals surface area contributed by atoms with Crippen molar-refractivity contribution in [3.8, 4) is 11.1 Å². The van der Waals surface area contributed by atoms with Gasteiger partial charge in [0.15, 0.2) is 5.69 Å². The van der Waals surface area contributed by atoms with Gasteiger partial charge in [0.25, 0.3) is 5.91 Å². The number of rotatable bonds is 5. The highest BCUT2D eigenvalue weighted by Gasteiger charge is 2.46. The molecule has 1 aromatic carbocycles. The largest absolute Gasteiger partial charge is 0.381 e. The Morgan fingerprint density at radius 3 is 2.73 bits per heavy atom. The smallest absolute Gasteiger partial charge is 0.280 e. The number of amides is 1. The molecule has 1 spiro atoms. The molecule has 3 fully saturated rings. The molecule has 4 heterocycles. The molecule has 4 aliphatic rings. The zero-order chi connectivity index (χ0) is 22.0. The second kappa shape index (κ2) is 7.29. The fraction of sp³-hybridized carbons (Fsp3) is 0.500. The molecule has 3 aromatic rings. The third-order valence-corrected chi connectivity index (χ3v) is 7.85. The number of aromatic nitrogens is 3. The Morgan fingerprint density at radius 2 is 1.94 bits per heavy atom. The van der Waals surface area contributed by atoms with Crippen LogP contribution in [0.3, 0.4) is 0 Å². The molecule has 2 aliphatic carbocycles. The van der Waals surface area contributed by atoms with Crippen LogP contribution in [0.5, 0.6) is 0 Å². The molecule has 7 nitrogen and oxygen atoms in total. The molecule has 33 heavy (non-hydrogen) atoms. The van der Waals surface area contributed by atoms with E-state index < -0.39 is 0 Å². The predicted molar refractivity (Wildman–Crippen MR) is 122 cm³/mol. The van der Waals surface area contributed by atoms with Gasteiger partial charge in [0.05, 0.1) is 6.20 Å². The second-order valence-corrected chi connectivity index (χ2v) is 10.3. The van der Waals surface area contributed by atoms with Crippen molar-refractivity contribution in [3.05, 3.63) is 53.7 Å². The van der Waals surface area contributed by atoms with Gasteiger partial charge in [-0.3, -0.25) is 9.48 Å². The van der Waals surface area contributed by atoms with Crippen LogP contribution in [0.4, 0.5) is 5.69 Å². The first kappa shape index (κ1) is 19.5. The molecule has 2 aliphatic heterocycles. The van der Waals surface area contributed by atoms with E-state index in [9.17, 15) is 4.79 Å². The third kappa shape index (κ3) is 3.41. The van der Waals surface area contributed by atoms with Crippen LogP contribution in [0.1, 0.15) is 66.3 Å². The molecule has 1 amide bonds. The molecule has 2 aromatic heterocycles. The number of ether oxygens (including phenoxy) is 1. The van der Waals surface area contributed by atoms with E-state index in [1.165, 1.54) is 18.4 Å². The lowest BCUT2D eigenvalue weighted by molar-refractivity contribution is 0.0546. The van der Waals surface area contributed by atoms with Crippen LogP contribution >= 0.6 is 0 Å². The standard InChI is InChI=1S/C26H28N4O3/c31-25(22-12-24(33-28-22)18-3-4-18)30-16-26(7-9-32-10-8-26)21-11-19(5-6-23(21)30)20-13-27-29(15-20)14-17-1-2-17/h5-6,11-13,15,17-18H,1-4,7-10,14,16H2. The summed E-state index contributed by atoms with van der Waals surface area (Å²) in [5.74, 6) is 2.01. The average molecular weight is 445 g/mol. The monoisotopic (exact) mass is 444 g/mol. The zero-order valence-corrected chi connectivity index (χ0v) is 18.7. The van der Waals surface area contributed by atoms with Crippen LogP contribution in [0, 0.1) is 5.92 Å². The fourth-order valence-electron chi connectivity index (χ4n) is 5.49. The fourth-order valence-corrected chi connectivity index (χ4v) is 5.49. The molecule has 0 unspecified atom stereocenters. The minimum Gasteiger partial charge on any atom is -0.381 e. The van der Waals surface area contributed by atoms with Crippen molar-refractivity contribution in [2.24, 2.45) is 5.92 Å². The summed E-state index contributed by atoms with van der Waals surface area (Å²) in [6.07, 6.45) is 10.8. The van der Waals surface area contributed by atoms with E-state index in [0.717, 1.165) is 73.9 Å². The summed E-state index contributed by atoms with van der Waals surface area (Å²) in [6.45, 7) is 3.12. The van der Waals surface area contributed by atoms with Crippen molar-refractivity contribution in [1.29, 1.82) is 0 Å². The van der Waals surface area contributed by atoms with Crippen LogP contribution in [0.25, 0.3) is 11.1 Å². The molecule has 0 N–H and O–H groups in total. The van der Waals surface area contributed by atoms with Gasteiger partial charge in [-0.15, -0.1) is 0 Å². The summed E-state index contributed by atoms with van der Waals surface area (Å²) >= 11 is 0. The molecule has 0 radical (unpaired) electrons. The van der Waals surface area contributed by atoms with Crippen molar-refractivity contribution >= 4 is 11.6 Å². The van der Waals surface area contributed by atoms with Crippen LogP contribution in [0.15, 0.2) is 41.2 Å². The Kier molecular flexibility index (Phi) is 4.31. The Hall–Kier alpha value is -2.93.